The molecule has 5 rings (SSSR count). The van der Waals surface area contributed by atoms with Crippen LogP contribution in [0.4, 0.5) is 4.39 Å². The van der Waals surface area contributed by atoms with Crippen LogP contribution in [0.1, 0.15) is 29.8 Å². The van der Waals surface area contributed by atoms with E-state index in [1.807, 2.05) is 36.4 Å². The zero-order chi connectivity index (χ0) is 21.9. The number of benzene rings is 2. The second-order valence-electron chi connectivity index (χ2n) is 8.25. The van der Waals surface area contributed by atoms with Crippen LogP contribution < -0.4 is 4.74 Å². The molecule has 1 aliphatic heterocycles. The second-order valence-corrected chi connectivity index (χ2v) is 8.25. The van der Waals surface area contributed by atoms with Crippen LogP contribution in [-0.4, -0.2) is 50.7 Å². The minimum absolute atomic E-state index is 0.260. The molecule has 6 nitrogen and oxygen atoms in total. The Kier molecular flexibility index (Phi) is 5.81. The van der Waals surface area contributed by atoms with Gasteiger partial charge in [-0.15, -0.1) is 5.10 Å². The van der Waals surface area contributed by atoms with Gasteiger partial charge in [-0.2, -0.15) is 4.52 Å². The maximum atomic E-state index is 14.1. The van der Waals surface area contributed by atoms with Gasteiger partial charge in [0.15, 0.2) is 17.3 Å². The van der Waals surface area contributed by atoms with Gasteiger partial charge in [-0.3, -0.25) is 4.90 Å². The van der Waals surface area contributed by atoms with Crippen molar-refractivity contribution in [3.05, 3.63) is 77.5 Å². The average molecular weight is 432 g/mol. The fourth-order valence-electron chi connectivity index (χ4n) is 4.05. The molecule has 164 valence electrons. The van der Waals surface area contributed by atoms with Gasteiger partial charge in [0, 0.05) is 30.8 Å². The second kappa shape index (κ2) is 9.04. The highest BCUT2D eigenvalue weighted by Crippen LogP contribution is 2.21. The third kappa shape index (κ3) is 4.48. The molecular formula is C25H26FN5O. The quantitative estimate of drug-likeness (QED) is 0.437. The van der Waals surface area contributed by atoms with Crippen molar-refractivity contribution in [3.63, 3.8) is 0 Å². The number of aromatic nitrogens is 4. The number of halogens is 1. The van der Waals surface area contributed by atoms with E-state index in [9.17, 15) is 4.39 Å². The first-order valence-corrected chi connectivity index (χ1v) is 11.1. The Morgan fingerprint density at radius 3 is 2.62 bits per heavy atom. The lowest BCUT2D eigenvalue weighted by molar-refractivity contribution is 0.238. The summed E-state index contributed by atoms with van der Waals surface area (Å²) in [5.74, 6) is 1.88. The number of nitrogens with zero attached hydrogens (tertiary/aromatic N) is 5. The molecule has 1 fully saturated rings. The van der Waals surface area contributed by atoms with Crippen LogP contribution in [0.15, 0.2) is 54.7 Å². The van der Waals surface area contributed by atoms with Crippen LogP contribution in [0.2, 0.25) is 0 Å². The van der Waals surface area contributed by atoms with E-state index in [0.717, 1.165) is 17.9 Å². The van der Waals surface area contributed by atoms with E-state index in [4.69, 9.17) is 4.74 Å². The van der Waals surface area contributed by atoms with E-state index in [1.54, 1.807) is 23.7 Å². The largest absolute Gasteiger partial charge is 0.492 e. The van der Waals surface area contributed by atoms with Crippen molar-refractivity contribution in [2.45, 2.75) is 26.2 Å². The summed E-state index contributed by atoms with van der Waals surface area (Å²) in [6, 6.07) is 15.0. The molecule has 7 heteroatoms. The Balaban J connectivity index is 1.28. The van der Waals surface area contributed by atoms with E-state index < -0.39 is 0 Å². The van der Waals surface area contributed by atoms with Crippen molar-refractivity contribution in [1.82, 2.24) is 24.5 Å². The molecular weight excluding hydrogens is 405 g/mol. The molecule has 0 N–H and O–H groups in total. The highest BCUT2D eigenvalue weighted by molar-refractivity contribution is 5.59. The predicted molar refractivity (Wildman–Crippen MR) is 121 cm³/mol. The first kappa shape index (κ1) is 20.6. The summed E-state index contributed by atoms with van der Waals surface area (Å²) in [5, 5.41) is 4.64. The monoisotopic (exact) mass is 431 g/mol. The van der Waals surface area contributed by atoms with Crippen molar-refractivity contribution < 1.29 is 9.13 Å². The number of fused-ring (bicyclic) bond motifs is 1. The Labute approximate surface area is 186 Å². The topological polar surface area (TPSA) is 55.6 Å². The molecule has 0 amide bonds. The molecule has 32 heavy (non-hydrogen) atoms. The van der Waals surface area contributed by atoms with Gasteiger partial charge < -0.3 is 4.74 Å². The van der Waals surface area contributed by atoms with Crippen molar-refractivity contribution in [3.8, 4) is 17.1 Å². The standard InChI is InChI=1S/C25H26FN5O/c1-18-4-7-20(17-22(18)26)25-27-11-10-24-28-23(29-31(24)25)16-19-5-8-21(9-6-19)32-15-14-30-12-2-3-13-30/h4-11,17H,2-3,12-16H2,1H3. The van der Waals surface area contributed by atoms with E-state index >= 15 is 0 Å². The van der Waals surface area contributed by atoms with Gasteiger partial charge in [-0.05, 0) is 62.2 Å². The summed E-state index contributed by atoms with van der Waals surface area (Å²) >= 11 is 0. The van der Waals surface area contributed by atoms with Gasteiger partial charge in [-0.25, -0.2) is 14.4 Å². The first-order chi connectivity index (χ1) is 15.7. The number of rotatable bonds is 7. The molecule has 2 aromatic heterocycles. The number of likely N-dealkylation sites (tertiary alicyclic amines) is 1. The minimum atomic E-state index is -0.260. The lowest BCUT2D eigenvalue weighted by Crippen LogP contribution is -2.25. The summed E-state index contributed by atoms with van der Waals surface area (Å²) in [6.45, 7) is 5.80. The van der Waals surface area contributed by atoms with Gasteiger partial charge in [-0.1, -0.05) is 24.3 Å². The normalized spacial score (nSPS) is 14.3. The average Bonchev–Trinajstić information content (AvgIpc) is 3.46. The van der Waals surface area contributed by atoms with Crippen molar-refractivity contribution in [2.75, 3.05) is 26.2 Å². The fourth-order valence-corrected chi connectivity index (χ4v) is 4.05. The molecule has 3 heterocycles. The maximum Gasteiger partial charge on any atom is 0.163 e. The highest BCUT2D eigenvalue weighted by Gasteiger charge is 2.13. The lowest BCUT2D eigenvalue weighted by Gasteiger charge is -2.14. The molecule has 0 atom stereocenters. The van der Waals surface area contributed by atoms with Gasteiger partial charge in [0.1, 0.15) is 18.2 Å². The zero-order valence-corrected chi connectivity index (χ0v) is 18.2. The Morgan fingerprint density at radius 1 is 1.03 bits per heavy atom. The maximum absolute atomic E-state index is 14.1. The third-order valence-electron chi connectivity index (χ3n) is 5.89. The van der Waals surface area contributed by atoms with Crippen molar-refractivity contribution >= 4 is 5.65 Å². The van der Waals surface area contributed by atoms with Crippen LogP contribution >= 0.6 is 0 Å². The van der Waals surface area contributed by atoms with Gasteiger partial charge in [0.05, 0.1) is 0 Å². The van der Waals surface area contributed by atoms with E-state index in [-0.39, 0.29) is 5.82 Å². The molecule has 4 aromatic rings. The van der Waals surface area contributed by atoms with Crippen LogP contribution in [0, 0.1) is 12.7 Å². The van der Waals surface area contributed by atoms with E-state index in [2.05, 4.69) is 20.0 Å². The summed E-state index contributed by atoms with van der Waals surface area (Å²) in [5.41, 5.74) is 3.06. The molecule has 0 spiro atoms. The summed E-state index contributed by atoms with van der Waals surface area (Å²) < 4.78 is 21.6. The summed E-state index contributed by atoms with van der Waals surface area (Å²) in [7, 11) is 0. The van der Waals surface area contributed by atoms with Crippen LogP contribution in [0.3, 0.4) is 0 Å². The molecule has 0 aliphatic carbocycles. The van der Waals surface area contributed by atoms with Gasteiger partial charge in [0.25, 0.3) is 0 Å². The Hall–Kier alpha value is -3.32. The molecule has 1 saturated heterocycles. The van der Waals surface area contributed by atoms with Gasteiger partial charge in [0.2, 0.25) is 0 Å². The molecule has 0 saturated carbocycles. The van der Waals surface area contributed by atoms with Gasteiger partial charge >= 0.3 is 0 Å². The number of ether oxygens (including phenoxy) is 1. The highest BCUT2D eigenvalue weighted by atomic mass is 19.1. The summed E-state index contributed by atoms with van der Waals surface area (Å²) in [6.07, 6.45) is 4.86. The lowest BCUT2D eigenvalue weighted by atomic mass is 10.1. The third-order valence-corrected chi connectivity index (χ3v) is 5.89. The number of hydrogen-bond donors (Lipinski definition) is 0. The Bertz CT molecular complexity index is 1210. The number of aryl methyl sites for hydroxylation is 1. The summed E-state index contributed by atoms with van der Waals surface area (Å²) in [4.78, 5) is 11.5. The Morgan fingerprint density at radius 2 is 1.84 bits per heavy atom. The van der Waals surface area contributed by atoms with Crippen molar-refractivity contribution in [1.29, 1.82) is 0 Å². The molecule has 0 radical (unpaired) electrons. The molecule has 0 bridgehead atoms. The van der Waals surface area contributed by atoms with Crippen molar-refractivity contribution in [2.24, 2.45) is 0 Å². The van der Waals surface area contributed by atoms with E-state index in [1.165, 1.54) is 32.0 Å². The fraction of sp³-hybridized carbons (Fsp3) is 0.320. The SMILES string of the molecule is Cc1ccc(-c2nccc3nc(Cc4ccc(OCCN5CCCC5)cc4)nn23)cc1F. The van der Waals surface area contributed by atoms with Crippen LogP contribution in [-0.2, 0) is 6.42 Å². The zero-order valence-electron chi connectivity index (χ0n) is 18.2. The number of hydrogen-bond acceptors (Lipinski definition) is 5. The van der Waals surface area contributed by atoms with Crippen LogP contribution in [0.25, 0.3) is 17.0 Å². The minimum Gasteiger partial charge on any atom is -0.492 e. The first-order valence-electron chi connectivity index (χ1n) is 11.1. The predicted octanol–water partition coefficient (Wildman–Crippen LogP) is 4.30. The smallest absolute Gasteiger partial charge is 0.163 e. The van der Waals surface area contributed by atoms with Crippen LogP contribution in [0.5, 0.6) is 5.75 Å². The molecule has 0 unspecified atom stereocenters. The molecule has 2 aromatic carbocycles. The van der Waals surface area contributed by atoms with E-state index in [0.29, 0.717) is 41.5 Å². The molecule has 1 aliphatic rings.